The zero-order chi connectivity index (χ0) is 19.7. The third kappa shape index (κ3) is 6.56. The van der Waals surface area contributed by atoms with Gasteiger partial charge in [0, 0.05) is 38.0 Å². The van der Waals surface area contributed by atoms with Crippen LogP contribution in [-0.4, -0.2) is 38.5 Å². The minimum atomic E-state index is 0.0145. The van der Waals surface area contributed by atoms with Gasteiger partial charge >= 0.3 is 0 Å². The van der Waals surface area contributed by atoms with Gasteiger partial charge in [0.15, 0.2) is 5.96 Å². The van der Waals surface area contributed by atoms with Gasteiger partial charge in [-0.25, -0.2) is 0 Å². The van der Waals surface area contributed by atoms with Crippen molar-refractivity contribution < 1.29 is 4.79 Å². The van der Waals surface area contributed by atoms with Crippen LogP contribution in [0.25, 0.3) is 0 Å². The van der Waals surface area contributed by atoms with E-state index in [0.717, 1.165) is 44.7 Å². The van der Waals surface area contributed by atoms with Crippen molar-refractivity contribution in [2.75, 3.05) is 26.7 Å². The van der Waals surface area contributed by atoms with E-state index in [1.54, 1.807) is 7.05 Å². The second kappa shape index (κ2) is 10.3. The van der Waals surface area contributed by atoms with Gasteiger partial charge in [-0.3, -0.25) is 9.79 Å². The third-order valence-corrected chi connectivity index (χ3v) is 5.49. The van der Waals surface area contributed by atoms with Crippen molar-refractivity contribution in [2.24, 2.45) is 10.9 Å². The Balaban J connectivity index is 1.68. The molecule has 1 aliphatic rings. The Labute approximate surface area is 164 Å². The maximum Gasteiger partial charge on any atom is 0.223 e. The predicted octanol–water partition coefficient (Wildman–Crippen LogP) is 3.00. The van der Waals surface area contributed by atoms with E-state index in [0.29, 0.717) is 6.54 Å². The fraction of sp³-hybridized carbons (Fsp3) is 0.636. The molecular weight excluding hydrogens is 336 g/mol. The number of carbonyl (C=O) groups is 1. The SMILES string of the molecule is CCc1ccc(C(C)(C)CNC(=NC)NCCCNC(=O)C2CCC2)cc1. The zero-order valence-electron chi connectivity index (χ0n) is 17.4. The van der Waals surface area contributed by atoms with Gasteiger partial charge in [0.2, 0.25) is 5.91 Å². The molecule has 1 amide bonds. The third-order valence-electron chi connectivity index (χ3n) is 5.49. The number of guanidine groups is 1. The number of rotatable bonds is 9. The standard InChI is InChI=1S/C22H36N4O/c1-5-17-10-12-19(13-11-17)22(2,3)16-26-21(23-4)25-15-7-14-24-20(27)18-8-6-9-18/h10-13,18H,5-9,14-16H2,1-4H3,(H,24,27)(H2,23,25,26). The maximum atomic E-state index is 11.8. The lowest BCUT2D eigenvalue weighted by atomic mass is 9.84. The molecule has 0 bridgehead atoms. The maximum absolute atomic E-state index is 11.8. The van der Waals surface area contributed by atoms with Gasteiger partial charge in [0.25, 0.3) is 0 Å². The van der Waals surface area contributed by atoms with Crippen molar-refractivity contribution in [1.82, 2.24) is 16.0 Å². The highest BCUT2D eigenvalue weighted by Crippen LogP contribution is 2.26. The van der Waals surface area contributed by atoms with Gasteiger partial charge in [-0.05, 0) is 36.8 Å². The predicted molar refractivity (Wildman–Crippen MR) is 113 cm³/mol. The molecule has 1 fully saturated rings. The Kier molecular flexibility index (Phi) is 8.14. The van der Waals surface area contributed by atoms with Crippen molar-refractivity contribution in [2.45, 2.75) is 58.3 Å². The van der Waals surface area contributed by atoms with Crippen molar-refractivity contribution in [3.63, 3.8) is 0 Å². The molecule has 0 radical (unpaired) electrons. The average molecular weight is 373 g/mol. The lowest BCUT2D eigenvalue weighted by molar-refractivity contribution is -0.127. The summed E-state index contributed by atoms with van der Waals surface area (Å²) < 4.78 is 0. The molecule has 0 unspecified atom stereocenters. The normalized spacial score (nSPS) is 15.2. The molecule has 0 saturated heterocycles. The summed E-state index contributed by atoms with van der Waals surface area (Å²) >= 11 is 0. The fourth-order valence-corrected chi connectivity index (χ4v) is 3.14. The Morgan fingerprint density at radius 3 is 2.33 bits per heavy atom. The van der Waals surface area contributed by atoms with Gasteiger partial charge in [-0.1, -0.05) is 51.5 Å². The van der Waals surface area contributed by atoms with E-state index in [1.807, 2.05) is 0 Å². The van der Waals surface area contributed by atoms with Crippen LogP contribution in [0.5, 0.6) is 0 Å². The number of aryl methyl sites for hydroxylation is 1. The van der Waals surface area contributed by atoms with Crippen molar-refractivity contribution in [3.8, 4) is 0 Å². The van der Waals surface area contributed by atoms with Crippen LogP contribution in [-0.2, 0) is 16.6 Å². The minimum absolute atomic E-state index is 0.0145. The average Bonchev–Trinajstić information content (AvgIpc) is 2.62. The summed E-state index contributed by atoms with van der Waals surface area (Å²) in [5.41, 5.74) is 2.70. The van der Waals surface area contributed by atoms with E-state index in [-0.39, 0.29) is 17.2 Å². The summed E-state index contributed by atoms with van der Waals surface area (Å²) in [5, 5.41) is 9.78. The van der Waals surface area contributed by atoms with E-state index in [1.165, 1.54) is 17.5 Å². The van der Waals surface area contributed by atoms with Crippen LogP contribution in [0.1, 0.15) is 57.6 Å². The molecule has 5 nitrogen and oxygen atoms in total. The van der Waals surface area contributed by atoms with Crippen LogP contribution in [0.3, 0.4) is 0 Å². The molecule has 0 aliphatic heterocycles. The van der Waals surface area contributed by atoms with Gasteiger partial charge in [0.1, 0.15) is 0 Å². The minimum Gasteiger partial charge on any atom is -0.356 e. The smallest absolute Gasteiger partial charge is 0.223 e. The molecule has 0 heterocycles. The summed E-state index contributed by atoms with van der Waals surface area (Å²) in [5.74, 6) is 1.29. The van der Waals surface area contributed by atoms with Crippen LogP contribution < -0.4 is 16.0 Å². The van der Waals surface area contributed by atoms with Gasteiger partial charge < -0.3 is 16.0 Å². The Bertz CT molecular complexity index is 618. The molecule has 0 aromatic heterocycles. The number of benzene rings is 1. The van der Waals surface area contributed by atoms with Crippen LogP contribution in [0.2, 0.25) is 0 Å². The molecule has 1 aliphatic carbocycles. The molecule has 150 valence electrons. The number of nitrogens with zero attached hydrogens (tertiary/aromatic N) is 1. The van der Waals surface area contributed by atoms with Crippen LogP contribution >= 0.6 is 0 Å². The largest absolute Gasteiger partial charge is 0.356 e. The first-order valence-electron chi connectivity index (χ1n) is 10.3. The van der Waals surface area contributed by atoms with Gasteiger partial charge in [-0.15, -0.1) is 0 Å². The van der Waals surface area contributed by atoms with Crippen LogP contribution in [0.4, 0.5) is 0 Å². The van der Waals surface area contributed by atoms with E-state index in [2.05, 4.69) is 66.0 Å². The van der Waals surface area contributed by atoms with Crippen molar-refractivity contribution >= 4 is 11.9 Å². The van der Waals surface area contributed by atoms with E-state index in [9.17, 15) is 4.79 Å². The summed E-state index contributed by atoms with van der Waals surface area (Å²) in [6.45, 7) is 8.96. The van der Waals surface area contributed by atoms with Crippen molar-refractivity contribution in [3.05, 3.63) is 35.4 Å². The van der Waals surface area contributed by atoms with Crippen LogP contribution in [0.15, 0.2) is 29.3 Å². The topological polar surface area (TPSA) is 65.5 Å². The quantitative estimate of drug-likeness (QED) is 0.355. The highest BCUT2D eigenvalue weighted by Gasteiger charge is 2.24. The summed E-state index contributed by atoms with van der Waals surface area (Å²) in [7, 11) is 1.79. The number of nitrogens with one attached hydrogen (secondary N) is 3. The first-order chi connectivity index (χ1) is 13.0. The van der Waals surface area contributed by atoms with Crippen molar-refractivity contribution in [1.29, 1.82) is 0 Å². The molecule has 1 saturated carbocycles. The molecule has 0 spiro atoms. The highest BCUT2D eigenvalue weighted by molar-refractivity contribution is 5.80. The molecule has 1 aromatic carbocycles. The summed E-state index contributed by atoms with van der Waals surface area (Å²) in [6.07, 6.45) is 5.26. The highest BCUT2D eigenvalue weighted by atomic mass is 16.1. The number of amides is 1. The summed E-state index contributed by atoms with van der Waals surface area (Å²) in [4.78, 5) is 16.1. The molecule has 1 aromatic rings. The molecular formula is C22H36N4O. The first kappa shape index (κ1) is 21.3. The van der Waals surface area contributed by atoms with E-state index < -0.39 is 0 Å². The molecule has 3 N–H and O–H groups in total. The molecule has 0 atom stereocenters. The van der Waals surface area contributed by atoms with Gasteiger partial charge in [-0.2, -0.15) is 0 Å². The number of aliphatic imine (C=N–C) groups is 1. The number of hydrogen-bond acceptors (Lipinski definition) is 2. The number of carbonyl (C=O) groups excluding carboxylic acids is 1. The second-order valence-corrected chi connectivity index (χ2v) is 8.06. The Morgan fingerprint density at radius 2 is 1.78 bits per heavy atom. The summed E-state index contributed by atoms with van der Waals surface area (Å²) in [6, 6.07) is 8.87. The van der Waals surface area contributed by atoms with Crippen LogP contribution in [0, 0.1) is 5.92 Å². The monoisotopic (exact) mass is 372 g/mol. The lowest BCUT2D eigenvalue weighted by Gasteiger charge is -2.27. The molecule has 5 heteroatoms. The van der Waals surface area contributed by atoms with E-state index in [4.69, 9.17) is 0 Å². The second-order valence-electron chi connectivity index (χ2n) is 8.06. The first-order valence-corrected chi connectivity index (χ1v) is 10.3. The zero-order valence-corrected chi connectivity index (χ0v) is 17.4. The van der Waals surface area contributed by atoms with E-state index >= 15 is 0 Å². The molecule has 27 heavy (non-hydrogen) atoms. The molecule has 2 rings (SSSR count). The number of hydrogen-bond donors (Lipinski definition) is 3. The lowest BCUT2D eigenvalue weighted by Crippen LogP contribution is -2.44. The Hall–Kier alpha value is -2.04. The fourth-order valence-electron chi connectivity index (χ4n) is 3.14. The van der Waals surface area contributed by atoms with Gasteiger partial charge in [0.05, 0.1) is 0 Å². The Morgan fingerprint density at radius 1 is 1.11 bits per heavy atom.